The number of amides is 1. The van der Waals surface area contributed by atoms with Gasteiger partial charge in [0, 0.05) is 25.2 Å². The third-order valence-electron chi connectivity index (χ3n) is 6.19. The van der Waals surface area contributed by atoms with E-state index in [0.29, 0.717) is 47.4 Å². The molecule has 0 unspecified atom stereocenters. The summed E-state index contributed by atoms with van der Waals surface area (Å²) < 4.78 is 41.2. The fourth-order valence-corrected chi connectivity index (χ4v) is 6.80. The number of sulfonamides is 1. The summed E-state index contributed by atoms with van der Waals surface area (Å²) >= 11 is 1.35. The summed E-state index contributed by atoms with van der Waals surface area (Å²) in [6, 6.07) is 9.67. The summed E-state index contributed by atoms with van der Waals surface area (Å²) in [7, 11) is -0.374. The molecule has 1 fully saturated rings. The van der Waals surface area contributed by atoms with Gasteiger partial charge in [0.05, 0.1) is 19.1 Å². The number of carbonyl (C=O) groups excluding carboxylic acids is 1. The Morgan fingerprint density at radius 3 is 2.26 bits per heavy atom. The van der Waals surface area contributed by atoms with Crippen molar-refractivity contribution in [1.82, 2.24) is 8.87 Å². The molecule has 3 aromatic rings. The molecule has 4 rings (SSSR count). The van der Waals surface area contributed by atoms with Gasteiger partial charge in [0.2, 0.25) is 10.0 Å². The molecule has 0 atom stereocenters. The number of thiazole rings is 1. The van der Waals surface area contributed by atoms with Gasteiger partial charge in [-0.2, -0.15) is 9.30 Å². The minimum absolute atomic E-state index is 0.193. The standard InChI is InChI=1S/C24H29N3O5S2/c1-5-27-21-19(31-3)10-11-20(32-4)22(21)33-24(27)25-23(28)17-6-8-18(9-7-17)34(29,30)26-14-12-16(2)13-15-26/h6-11,16H,5,12-15H2,1-4H3. The molecule has 2 heterocycles. The van der Waals surface area contributed by atoms with Crippen molar-refractivity contribution >= 4 is 37.5 Å². The number of rotatable bonds is 6. The first-order valence-electron chi connectivity index (χ1n) is 11.2. The molecule has 1 saturated heterocycles. The van der Waals surface area contributed by atoms with E-state index in [1.54, 1.807) is 14.2 Å². The lowest BCUT2D eigenvalue weighted by Gasteiger charge is -2.29. The highest BCUT2D eigenvalue weighted by Crippen LogP contribution is 2.35. The normalized spacial score (nSPS) is 16.2. The van der Waals surface area contributed by atoms with Crippen LogP contribution in [0, 0.1) is 5.92 Å². The quantitative estimate of drug-likeness (QED) is 0.509. The molecule has 0 aliphatic carbocycles. The van der Waals surface area contributed by atoms with Gasteiger partial charge < -0.3 is 14.0 Å². The average Bonchev–Trinajstić information content (AvgIpc) is 3.21. The monoisotopic (exact) mass is 503 g/mol. The van der Waals surface area contributed by atoms with Gasteiger partial charge in [-0.25, -0.2) is 8.42 Å². The van der Waals surface area contributed by atoms with Crippen LogP contribution < -0.4 is 14.3 Å². The number of carbonyl (C=O) groups is 1. The minimum Gasteiger partial charge on any atom is -0.495 e. The number of hydrogen-bond acceptors (Lipinski definition) is 6. The van der Waals surface area contributed by atoms with E-state index in [0.717, 1.165) is 23.1 Å². The number of nitrogens with zero attached hydrogens (tertiary/aromatic N) is 3. The maximum Gasteiger partial charge on any atom is 0.279 e. The topological polar surface area (TPSA) is 90.2 Å². The van der Waals surface area contributed by atoms with E-state index in [2.05, 4.69) is 11.9 Å². The number of aryl methyl sites for hydroxylation is 1. The van der Waals surface area contributed by atoms with Crippen molar-refractivity contribution < 1.29 is 22.7 Å². The van der Waals surface area contributed by atoms with Crippen LogP contribution in [0.4, 0.5) is 0 Å². The van der Waals surface area contributed by atoms with Crippen LogP contribution in [0.15, 0.2) is 46.3 Å². The number of methoxy groups -OCH3 is 2. The van der Waals surface area contributed by atoms with Crippen LogP contribution in [0.3, 0.4) is 0 Å². The lowest BCUT2D eigenvalue weighted by Crippen LogP contribution is -2.37. The Labute approximate surface area is 203 Å². The molecule has 10 heteroatoms. The van der Waals surface area contributed by atoms with Crippen LogP contribution in [0.2, 0.25) is 0 Å². The Balaban J connectivity index is 1.67. The van der Waals surface area contributed by atoms with Crippen LogP contribution in [0.1, 0.15) is 37.0 Å². The van der Waals surface area contributed by atoms with Crippen molar-refractivity contribution in [2.75, 3.05) is 27.3 Å². The molecular weight excluding hydrogens is 474 g/mol. The lowest BCUT2D eigenvalue weighted by atomic mass is 10.0. The molecule has 8 nitrogen and oxygen atoms in total. The fourth-order valence-electron chi connectivity index (χ4n) is 4.13. The first-order valence-corrected chi connectivity index (χ1v) is 13.5. The number of ether oxygens (including phenoxy) is 2. The summed E-state index contributed by atoms with van der Waals surface area (Å²) in [6.07, 6.45) is 1.72. The summed E-state index contributed by atoms with van der Waals surface area (Å²) in [5.74, 6) is 1.44. The van der Waals surface area contributed by atoms with Gasteiger partial charge in [-0.05, 0) is 62.1 Å². The first-order chi connectivity index (χ1) is 16.3. The SMILES string of the molecule is CCn1c(=NC(=O)c2ccc(S(=O)(=O)N3CCC(C)CC3)cc2)sc2c(OC)ccc(OC)c21. The zero-order valence-electron chi connectivity index (χ0n) is 19.8. The highest BCUT2D eigenvalue weighted by atomic mass is 32.2. The van der Waals surface area contributed by atoms with Gasteiger partial charge in [-0.3, -0.25) is 4.79 Å². The van der Waals surface area contributed by atoms with Gasteiger partial charge in [0.1, 0.15) is 21.7 Å². The van der Waals surface area contributed by atoms with Crippen molar-refractivity contribution in [3.63, 3.8) is 0 Å². The second-order valence-electron chi connectivity index (χ2n) is 8.30. The first kappa shape index (κ1) is 24.4. The molecule has 0 saturated carbocycles. The van der Waals surface area contributed by atoms with E-state index < -0.39 is 15.9 Å². The fraction of sp³-hybridized carbons (Fsp3) is 0.417. The average molecular weight is 504 g/mol. The Kier molecular flexibility index (Phi) is 7.11. The van der Waals surface area contributed by atoms with Gasteiger partial charge in [0.25, 0.3) is 5.91 Å². The van der Waals surface area contributed by atoms with Gasteiger partial charge >= 0.3 is 0 Å². The molecular formula is C24H29N3O5S2. The van der Waals surface area contributed by atoms with E-state index in [4.69, 9.17) is 9.47 Å². The van der Waals surface area contributed by atoms with E-state index in [1.807, 2.05) is 23.6 Å². The Morgan fingerprint density at radius 1 is 1.06 bits per heavy atom. The molecule has 182 valence electrons. The van der Waals surface area contributed by atoms with Gasteiger partial charge in [-0.1, -0.05) is 18.3 Å². The van der Waals surface area contributed by atoms with Crippen molar-refractivity contribution in [3.8, 4) is 11.5 Å². The molecule has 1 aromatic heterocycles. The van der Waals surface area contributed by atoms with E-state index in [1.165, 1.54) is 39.9 Å². The second-order valence-corrected chi connectivity index (χ2v) is 11.2. The van der Waals surface area contributed by atoms with Crippen LogP contribution in [0.5, 0.6) is 11.5 Å². The molecule has 0 bridgehead atoms. The smallest absolute Gasteiger partial charge is 0.279 e. The Bertz CT molecular complexity index is 1370. The number of aromatic nitrogens is 1. The van der Waals surface area contributed by atoms with Crippen LogP contribution in [0.25, 0.3) is 10.2 Å². The number of fused-ring (bicyclic) bond motifs is 1. The summed E-state index contributed by atoms with van der Waals surface area (Å²) in [6.45, 7) is 5.74. The summed E-state index contributed by atoms with van der Waals surface area (Å²) in [5, 5.41) is 0. The van der Waals surface area contributed by atoms with E-state index in [9.17, 15) is 13.2 Å². The summed E-state index contributed by atoms with van der Waals surface area (Å²) in [5.41, 5.74) is 1.14. The van der Waals surface area contributed by atoms with E-state index >= 15 is 0 Å². The number of benzene rings is 2. The maximum atomic E-state index is 13.0. The second kappa shape index (κ2) is 9.89. The summed E-state index contributed by atoms with van der Waals surface area (Å²) in [4.78, 5) is 18.0. The van der Waals surface area contributed by atoms with Crippen molar-refractivity contribution in [2.24, 2.45) is 10.9 Å². The number of piperidine rings is 1. The maximum absolute atomic E-state index is 13.0. The molecule has 0 N–H and O–H groups in total. The molecule has 34 heavy (non-hydrogen) atoms. The largest absolute Gasteiger partial charge is 0.495 e. The molecule has 0 radical (unpaired) electrons. The molecule has 1 aliphatic rings. The minimum atomic E-state index is -3.57. The highest BCUT2D eigenvalue weighted by Gasteiger charge is 2.28. The Hall–Kier alpha value is -2.69. The molecule has 1 amide bonds. The zero-order chi connectivity index (χ0) is 24.5. The zero-order valence-corrected chi connectivity index (χ0v) is 21.4. The lowest BCUT2D eigenvalue weighted by molar-refractivity contribution is 0.0997. The van der Waals surface area contributed by atoms with Crippen molar-refractivity contribution in [1.29, 1.82) is 0 Å². The third-order valence-corrected chi connectivity index (χ3v) is 9.19. The van der Waals surface area contributed by atoms with Gasteiger partial charge in [0.15, 0.2) is 4.80 Å². The predicted octanol–water partition coefficient (Wildman–Crippen LogP) is 3.90. The molecule has 0 spiro atoms. The van der Waals surface area contributed by atoms with Crippen molar-refractivity contribution in [2.45, 2.75) is 38.1 Å². The van der Waals surface area contributed by atoms with E-state index in [-0.39, 0.29) is 4.90 Å². The molecule has 2 aromatic carbocycles. The Morgan fingerprint density at radius 2 is 1.68 bits per heavy atom. The van der Waals surface area contributed by atoms with Crippen LogP contribution in [-0.2, 0) is 16.6 Å². The number of hydrogen-bond donors (Lipinski definition) is 0. The predicted molar refractivity (Wildman–Crippen MR) is 132 cm³/mol. The third kappa shape index (κ3) is 4.49. The van der Waals surface area contributed by atoms with Crippen LogP contribution in [-0.4, -0.2) is 50.5 Å². The highest BCUT2D eigenvalue weighted by molar-refractivity contribution is 7.89. The van der Waals surface area contributed by atoms with Crippen molar-refractivity contribution in [3.05, 3.63) is 46.8 Å². The van der Waals surface area contributed by atoms with Gasteiger partial charge in [-0.15, -0.1) is 0 Å². The molecule has 1 aliphatic heterocycles. The van der Waals surface area contributed by atoms with Crippen LogP contribution >= 0.6 is 11.3 Å².